The van der Waals surface area contributed by atoms with E-state index < -0.39 is 11.6 Å². The summed E-state index contributed by atoms with van der Waals surface area (Å²) in [6.07, 6.45) is 0.122. The standard InChI is InChI=1S/C17H17F2NO2S/c1-22-12-5-7-13(8-6-12)23-11-17(21)20-10-9-14-15(18)3-2-4-16(14)19/h2-8H,9-11H2,1H3,(H,20,21). The van der Waals surface area contributed by atoms with Gasteiger partial charge in [-0.3, -0.25) is 4.79 Å². The predicted molar refractivity (Wildman–Crippen MR) is 86.8 cm³/mol. The van der Waals surface area contributed by atoms with Gasteiger partial charge in [-0.05, 0) is 42.8 Å². The second-order valence-corrected chi connectivity index (χ2v) is 5.81. The molecule has 0 aromatic heterocycles. The van der Waals surface area contributed by atoms with Crippen LogP contribution in [0.25, 0.3) is 0 Å². The van der Waals surface area contributed by atoms with Gasteiger partial charge in [-0.1, -0.05) is 6.07 Å². The van der Waals surface area contributed by atoms with E-state index in [4.69, 9.17) is 4.74 Å². The fourth-order valence-corrected chi connectivity index (χ4v) is 2.70. The lowest BCUT2D eigenvalue weighted by Gasteiger charge is -2.07. The maximum Gasteiger partial charge on any atom is 0.230 e. The third kappa shape index (κ3) is 5.25. The van der Waals surface area contributed by atoms with Gasteiger partial charge in [0.1, 0.15) is 17.4 Å². The normalized spacial score (nSPS) is 10.4. The first-order valence-corrected chi connectivity index (χ1v) is 8.05. The summed E-state index contributed by atoms with van der Waals surface area (Å²) in [6, 6.07) is 11.1. The SMILES string of the molecule is COc1ccc(SCC(=O)NCCc2c(F)cccc2F)cc1. The molecule has 0 heterocycles. The molecule has 0 aliphatic carbocycles. The summed E-state index contributed by atoms with van der Waals surface area (Å²) in [7, 11) is 1.59. The molecule has 0 aliphatic heterocycles. The molecule has 0 atom stereocenters. The average Bonchev–Trinajstić information content (AvgIpc) is 2.56. The lowest BCUT2D eigenvalue weighted by molar-refractivity contribution is -0.118. The van der Waals surface area contributed by atoms with E-state index in [1.807, 2.05) is 24.3 Å². The van der Waals surface area contributed by atoms with Crippen molar-refractivity contribution in [3.8, 4) is 5.75 Å². The maximum atomic E-state index is 13.4. The molecule has 0 radical (unpaired) electrons. The largest absolute Gasteiger partial charge is 0.497 e. The fourth-order valence-electron chi connectivity index (χ4n) is 1.97. The van der Waals surface area contributed by atoms with Crippen LogP contribution in [0, 0.1) is 11.6 Å². The number of benzene rings is 2. The van der Waals surface area contributed by atoms with E-state index >= 15 is 0 Å². The Morgan fingerprint density at radius 2 is 1.78 bits per heavy atom. The van der Waals surface area contributed by atoms with Crippen LogP contribution in [0.3, 0.4) is 0 Å². The first-order valence-electron chi connectivity index (χ1n) is 7.06. The van der Waals surface area contributed by atoms with Gasteiger partial charge in [0.05, 0.1) is 12.9 Å². The Morgan fingerprint density at radius 1 is 1.13 bits per heavy atom. The molecule has 0 spiro atoms. The van der Waals surface area contributed by atoms with Crippen LogP contribution in [0.15, 0.2) is 47.4 Å². The molecule has 0 fully saturated rings. The Kier molecular flexibility index (Phi) is 6.40. The van der Waals surface area contributed by atoms with Crippen molar-refractivity contribution >= 4 is 17.7 Å². The maximum absolute atomic E-state index is 13.4. The van der Waals surface area contributed by atoms with E-state index in [-0.39, 0.29) is 30.2 Å². The second-order valence-electron chi connectivity index (χ2n) is 4.76. The highest BCUT2D eigenvalue weighted by Gasteiger charge is 2.09. The van der Waals surface area contributed by atoms with Crippen LogP contribution in [-0.4, -0.2) is 25.3 Å². The fraction of sp³-hybridized carbons (Fsp3) is 0.235. The van der Waals surface area contributed by atoms with Crippen molar-refractivity contribution in [2.24, 2.45) is 0 Å². The molecule has 2 aromatic carbocycles. The minimum Gasteiger partial charge on any atom is -0.497 e. The van der Waals surface area contributed by atoms with Crippen LogP contribution < -0.4 is 10.1 Å². The Bertz CT molecular complexity index is 642. The molecule has 2 rings (SSSR count). The second kappa shape index (κ2) is 8.53. The number of carbonyl (C=O) groups excluding carboxylic acids is 1. The molecule has 1 N–H and O–H groups in total. The molecule has 2 aromatic rings. The van der Waals surface area contributed by atoms with Gasteiger partial charge in [0.2, 0.25) is 5.91 Å². The quantitative estimate of drug-likeness (QED) is 0.787. The van der Waals surface area contributed by atoms with Crippen molar-refractivity contribution in [2.75, 3.05) is 19.4 Å². The number of hydrogen-bond donors (Lipinski definition) is 1. The summed E-state index contributed by atoms with van der Waals surface area (Å²) in [6.45, 7) is 0.194. The van der Waals surface area contributed by atoms with Gasteiger partial charge in [-0.15, -0.1) is 11.8 Å². The summed E-state index contributed by atoms with van der Waals surface area (Å²) < 4.78 is 31.9. The third-order valence-corrected chi connectivity index (χ3v) is 4.20. The highest BCUT2D eigenvalue weighted by molar-refractivity contribution is 8.00. The van der Waals surface area contributed by atoms with Gasteiger partial charge >= 0.3 is 0 Å². The summed E-state index contributed by atoms with van der Waals surface area (Å²) in [4.78, 5) is 12.7. The smallest absolute Gasteiger partial charge is 0.230 e. The number of halogens is 2. The lowest BCUT2D eigenvalue weighted by Crippen LogP contribution is -2.27. The lowest BCUT2D eigenvalue weighted by atomic mass is 10.1. The minimum absolute atomic E-state index is 0.00407. The van der Waals surface area contributed by atoms with Crippen molar-refractivity contribution in [3.63, 3.8) is 0 Å². The third-order valence-electron chi connectivity index (χ3n) is 3.19. The van der Waals surface area contributed by atoms with Gasteiger partial charge in [0.15, 0.2) is 0 Å². The highest BCUT2D eigenvalue weighted by atomic mass is 32.2. The number of nitrogens with one attached hydrogen (secondary N) is 1. The van der Waals surface area contributed by atoms with Gasteiger partial charge in [-0.2, -0.15) is 0 Å². The van der Waals surface area contributed by atoms with Crippen LogP contribution >= 0.6 is 11.8 Å². The molecule has 1 amide bonds. The molecular formula is C17H17F2NO2S. The first kappa shape index (κ1) is 17.3. The van der Waals surface area contributed by atoms with Crippen LogP contribution in [-0.2, 0) is 11.2 Å². The molecular weight excluding hydrogens is 320 g/mol. The number of thioether (sulfide) groups is 1. The van der Waals surface area contributed by atoms with Gasteiger partial charge in [0.25, 0.3) is 0 Å². The zero-order valence-corrected chi connectivity index (χ0v) is 13.5. The van der Waals surface area contributed by atoms with Crippen molar-refractivity contribution in [1.29, 1.82) is 0 Å². The summed E-state index contributed by atoms with van der Waals surface area (Å²) in [5.41, 5.74) is -0.00407. The number of amides is 1. The Morgan fingerprint density at radius 3 is 2.39 bits per heavy atom. The zero-order chi connectivity index (χ0) is 16.7. The molecule has 0 aliphatic rings. The number of rotatable bonds is 7. The van der Waals surface area contributed by atoms with E-state index in [0.717, 1.165) is 10.6 Å². The number of methoxy groups -OCH3 is 1. The van der Waals surface area contributed by atoms with Gasteiger partial charge in [0, 0.05) is 17.0 Å². The number of hydrogen-bond acceptors (Lipinski definition) is 3. The van der Waals surface area contributed by atoms with Gasteiger partial charge in [-0.25, -0.2) is 8.78 Å². The van der Waals surface area contributed by atoms with Crippen molar-refractivity contribution in [1.82, 2.24) is 5.32 Å². The van der Waals surface area contributed by atoms with Crippen LogP contribution in [0.1, 0.15) is 5.56 Å². The summed E-state index contributed by atoms with van der Waals surface area (Å²) >= 11 is 1.38. The molecule has 122 valence electrons. The highest BCUT2D eigenvalue weighted by Crippen LogP contribution is 2.20. The average molecular weight is 337 g/mol. The summed E-state index contributed by atoms with van der Waals surface area (Å²) in [5.74, 6) is -0.362. The van der Waals surface area contributed by atoms with E-state index in [0.29, 0.717) is 0 Å². The number of carbonyl (C=O) groups is 1. The topological polar surface area (TPSA) is 38.3 Å². The molecule has 0 saturated heterocycles. The number of ether oxygens (including phenoxy) is 1. The molecule has 0 saturated carbocycles. The van der Waals surface area contributed by atoms with Gasteiger partial charge < -0.3 is 10.1 Å². The molecule has 0 bridgehead atoms. The van der Waals surface area contributed by atoms with Crippen molar-refractivity contribution < 1.29 is 18.3 Å². The van der Waals surface area contributed by atoms with Crippen molar-refractivity contribution in [2.45, 2.75) is 11.3 Å². The first-order chi connectivity index (χ1) is 11.1. The summed E-state index contributed by atoms with van der Waals surface area (Å²) in [5, 5.41) is 2.66. The zero-order valence-electron chi connectivity index (χ0n) is 12.6. The Hall–Kier alpha value is -2.08. The molecule has 0 unspecified atom stereocenters. The molecule has 23 heavy (non-hydrogen) atoms. The van der Waals surface area contributed by atoms with Crippen molar-refractivity contribution in [3.05, 3.63) is 59.7 Å². The van der Waals surface area contributed by atoms with E-state index in [1.165, 1.54) is 30.0 Å². The molecule has 3 nitrogen and oxygen atoms in total. The monoisotopic (exact) mass is 337 g/mol. The van der Waals surface area contributed by atoms with Crippen LogP contribution in [0.5, 0.6) is 5.75 Å². The Balaban J connectivity index is 1.74. The molecule has 6 heteroatoms. The van der Waals surface area contributed by atoms with E-state index in [1.54, 1.807) is 7.11 Å². The van der Waals surface area contributed by atoms with Crippen LogP contribution in [0.4, 0.5) is 8.78 Å². The predicted octanol–water partition coefficient (Wildman–Crippen LogP) is 3.42. The Labute approximate surface area is 138 Å². The van der Waals surface area contributed by atoms with E-state index in [2.05, 4.69) is 5.32 Å². The van der Waals surface area contributed by atoms with Crippen LogP contribution in [0.2, 0.25) is 0 Å². The minimum atomic E-state index is -0.591. The van der Waals surface area contributed by atoms with E-state index in [9.17, 15) is 13.6 Å².